The Hall–Kier alpha value is -3.34. The van der Waals surface area contributed by atoms with Gasteiger partial charge in [0.2, 0.25) is 0 Å². The molecular formula is C23H27N7O3. The van der Waals surface area contributed by atoms with Crippen LogP contribution in [-0.4, -0.2) is 62.7 Å². The minimum Gasteiger partial charge on any atom is -0.377 e. The number of hydrogen-bond donors (Lipinski definition) is 2. The number of nitrogens with zero attached hydrogens (tertiary/aromatic N) is 7. The van der Waals surface area contributed by atoms with Crippen molar-refractivity contribution in [1.29, 1.82) is 0 Å². The molecule has 0 aliphatic carbocycles. The average molecular weight is 450 g/mol. The Morgan fingerprint density at radius 1 is 1.09 bits per heavy atom. The lowest BCUT2D eigenvalue weighted by atomic mass is 10.0. The van der Waals surface area contributed by atoms with Crippen LogP contribution in [0.15, 0.2) is 36.7 Å². The van der Waals surface area contributed by atoms with Crippen molar-refractivity contribution < 1.29 is 15.2 Å². The van der Waals surface area contributed by atoms with E-state index in [1.54, 1.807) is 30.6 Å². The number of ether oxygens (including phenoxy) is 1. The first-order chi connectivity index (χ1) is 16.0. The summed E-state index contributed by atoms with van der Waals surface area (Å²) >= 11 is 0. The van der Waals surface area contributed by atoms with Gasteiger partial charge in [0, 0.05) is 36.0 Å². The fourth-order valence-electron chi connectivity index (χ4n) is 4.37. The normalized spacial score (nSPS) is 18.2. The molecule has 2 aromatic heterocycles. The maximum atomic E-state index is 9.27. The van der Waals surface area contributed by atoms with Gasteiger partial charge in [-0.15, -0.1) is 5.23 Å². The first kappa shape index (κ1) is 21.5. The van der Waals surface area contributed by atoms with E-state index in [0.29, 0.717) is 25.6 Å². The van der Waals surface area contributed by atoms with Crippen LogP contribution in [0, 0.1) is 6.92 Å². The van der Waals surface area contributed by atoms with Crippen molar-refractivity contribution in [2.75, 3.05) is 41.3 Å². The Morgan fingerprint density at radius 2 is 1.91 bits per heavy atom. The van der Waals surface area contributed by atoms with Gasteiger partial charge in [-0.2, -0.15) is 0 Å². The van der Waals surface area contributed by atoms with Crippen LogP contribution >= 0.6 is 0 Å². The van der Waals surface area contributed by atoms with Crippen LogP contribution in [0.4, 0.5) is 17.3 Å². The maximum absolute atomic E-state index is 9.27. The number of hydrogen-bond acceptors (Lipinski definition) is 10. The summed E-state index contributed by atoms with van der Waals surface area (Å²) < 4.78 is 5.65. The molecule has 4 heterocycles. The number of morpholine rings is 1. The summed E-state index contributed by atoms with van der Waals surface area (Å²) in [6, 6.07) is 9.02. The molecular weight excluding hydrogens is 422 g/mol. The van der Waals surface area contributed by atoms with Crippen molar-refractivity contribution in [2.24, 2.45) is 0 Å². The van der Waals surface area contributed by atoms with Gasteiger partial charge < -0.3 is 14.5 Å². The summed E-state index contributed by atoms with van der Waals surface area (Å²) in [7, 11) is 0. The van der Waals surface area contributed by atoms with Gasteiger partial charge in [0.25, 0.3) is 0 Å². The van der Waals surface area contributed by atoms with Crippen molar-refractivity contribution in [2.45, 2.75) is 32.9 Å². The molecule has 0 amide bonds. The Bertz CT molecular complexity index is 1140. The van der Waals surface area contributed by atoms with Gasteiger partial charge in [0.05, 0.1) is 37.2 Å². The van der Waals surface area contributed by atoms with Crippen molar-refractivity contribution in [3.05, 3.63) is 53.6 Å². The fourth-order valence-corrected chi connectivity index (χ4v) is 4.37. The zero-order valence-electron chi connectivity index (χ0n) is 18.7. The highest BCUT2D eigenvalue weighted by Crippen LogP contribution is 2.33. The number of benzene rings is 1. The highest BCUT2D eigenvalue weighted by molar-refractivity contribution is 5.64. The second-order valence-electron chi connectivity index (χ2n) is 8.44. The Labute approximate surface area is 192 Å². The topological polar surface area (TPSA) is 111 Å². The molecule has 0 bridgehead atoms. The molecule has 0 spiro atoms. The molecule has 172 valence electrons. The van der Waals surface area contributed by atoms with Crippen molar-refractivity contribution in [3.63, 3.8) is 0 Å². The molecule has 1 atom stereocenters. The zero-order valence-corrected chi connectivity index (χ0v) is 18.7. The van der Waals surface area contributed by atoms with E-state index in [1.165, 1.54) is 5.56 Å². The second-order valence-corrected chi connectivity index (χ2v) is 8.44. The Morgan fingerprint density at radius 3 is 2.64 bits per heavy atom. The van der Waals surface area contributed by atoms with Crippen LogP contribution in [0.3, 0.4) is 0 Å². The predicted molar refractivity (Wildman–Crippen MR) is 123 cm³/mol. The number of rotatable bonds is 4. The summed E-state index contributed by atoms with van der Waals surface area (Å²) in [5.74, 6) is 2.46. The molecule has 0 saturated carbocycles. The molecule has 33 heavy (non-hydrogen) atoms. The lowest BCUT2D eigenvalue weighted by Crippen LogP contribution is -2.45. The second kappa shape index (κ2) is 8.89. The van der Waals surface area contributed by atoms with E-state index >= 15 is 0 Å². The third kappa shape index (κ3) is 4.32. The molecule has 10 heteroatoms. The predicted octanol–water partition coefficient (Wildman–Crippen LogP) is 2.61. The van der Waals surface area contributed by atoms with Gasteiger partial charge in [0.15, 0.2) is 5.82 Å². The SMILES string of the molecule is Cc1cc(N2CCc3c(nc(-c4ccc(N(O)O)cc4)nc3N3CCOC[C@@H]3C)C2)ncn1. The summed E-state index contributed by atoms with van der Waals surface area (Å²) in [5.41, 5.74) is 4.15. The van der Waals surface area contributed by atoms with E-state index in [0.717, 1.165) is 48.1 Å². The monoisotopic (exact) mass is 449 g/mol. The van der Waals surface area contributed by atoms with E-state index in [9.17, 15) is 10.4 Å². The Kier molecular flexibility index (Phi) is 5.79. The third-order valence-electron chi connectivity index (χ3n) is 6.15. The molecule has 2 N–H and O–H groups in total. The number of aryl methyl sites for hydroxylation is 1. The van der Waals surface area contributed by atoms with Crippen molar-refractivity contribution >= 4 is 17.3 Å². The number of fused-ring (bicyclic) bond motifs is 1. The van der Waals surface area contributed by atoms with E-state index in [4.69, 9.17) is 14.7 Å². The third-order valence-corrected chi connectivity index (χ3v) is 6.15. The smallest absolute Gasteiger partial charge is 0.161 e. The lowest BCUT2D eigenvalue weighted by molar-refractivity contribution is 0.0291. The molecule has 5 rings (SSSR count). The van der Waals surface area contributed by atoms with Gasteiger partial charge in [-0.3, -0.25) is 10.4 Å². The minimum atomic E-state index is 0.0971. The quantitative estimate of drug-likeness (QED) is 0.577. The molecule has 1 fully saturated rings. The van der Waals surface area contributed by atoms with Crippen molar-refractivity contribution in [3.8, 4) is 11.4 Å². The van der Waals surface area contributed by atoms with Crippen LogP contribution < -0.4 is 15.0 Å². The number of anilines is 3. The van der Waals surface area contributed by atoms with Gasteiger partial charge in [-0.25, -0.2) is 19.9 Å². The Balaban J connectivity index is 1.56. The highest BCUT2D eigenvalue weighted by atomic mass is 16.8. The molecule has 0 unspecified atom stereocenters. The molecule has 2 aliphatic rings. The average Bonchev–Trinajstić information content (AvgIpc) is 2.83. The maximum Gasteiger partial charge on any atom is 0.161 e. The highest BCUT2D eigenvalue weighted by Gasteiger charge is 2.29. The molecule has 0 radical (unpaired) electrons. The largest absolute Gasteiger partial charge is 0.377 e. The summed E-state index contributed by atoms with van der Waals surface area (Å²) in [6.45, 7) is 7.69. The van der Waals surface area contributed by atoms with Crippen LogP contribution in [0.25, 0.3) is 11.4 Å². The van der Waals surface area contributed by atoms with Crippen molar-refractivity contribution in [1.82, 2.24) is 19.9 Å². The van der Waals surface area contributed by atoms with Gasteiger partial charge in [-0.05, 0) is 44.5 Å². The molecule has 1 saturated heterocycles. The first-order valence-corrected chi connectivity index (χ1v) is 11.1. The summed E-state index contributed by atoms with van der Waals surface area (Å²) in [4.78, 5) is 23.1. The molecule has 3 aromatic rings. The summed E-state index contributed by atoms with van der Waals surface area (Å²) in [5, 5.41) is 18.6. The number of aromatic nitrogens is 4. The first-order valence-electron chi connectivity index (χ1n) is 11.1. The van der Waals surface area contributed by atoms with Crippen LogP contribution in [0.5, 0.6) is 0 Å². The lowest BCUT2D eigenvalue weighted by Gasteiger charge is -2.38. The van der Waals surface area contributed by atoms with Crippen LogP contribution in [0.2, 0.25) is 0 Å². The van der Waals surface area contributed by atoms with E-state index in [-0.39, 0.29) is 17.0 Å². The van der Waals surface area contributed by atoms with Gasteiger partial charge in [0.1, 0.15) is 18.0 Å². The van der Waals surface area contributed by atoms with Crippen LogP contribution in [-0.2, 0) is 17.7 Å². The fraction of sp³-hybridized carbons (Fsp3) is 0.391. The van der Waals surface area contributed by atoms with Gasteiger partial charge in [-0.1, -0.05) is 0 Å². The molecule has 2 aliphatic heterocycles. The zero-order chi connectivity index (χ0) is 22.9. The molecule has 10 nitrogen and oxygen atoms in total. The van der Waals surface area contributed by atoms with Crippen LogP contribution in [0.1, 0.15) is 23.9 Å². The van der Waals surface area contributed by atoms with Gasteiger partial charge >= 0.3 is 0 Å². The van der Waals surface area contributed by atoms with E-state index < -0.39 is 0 Å². The standard InChI is InChI=1S/C23H27N7O3/c1-15-11-21(25-14-24-15)28-8-7-19-20(12-28)26-22(17-3-5-18(6-4-17)30(31)32)27-23(19)29-9-10-33-13-16(29)2/h3-6,11,14,16,31-32H,7-10,12-13H2,1-2H3/t16-/m0/s1. The van der Waals surface area contributed by atoms with E-state index in [1.807, 2.05) is 13.0 Å². The minimum absolute atomic E-state index is 0.0971. The van der Waals surface area contributed by atoms with E-state index in [2.05, 4.69) is 26.7 Å². The summed E-state index contributed by atoms with van der Waals surface area (Å²) in [6.07, 6.45) is 2.42. The molecule has 1 aromatic carbocycles.